The Balaban J connectivity index is 2.37. The van der Waals surface area contributed by atoms with Gasteiger partial charge < -0.3 is 19.9 Å². The van der Waals surface area contributed by atoms with Crippen molar-refractivity contribution < 1.29 is 14.6 Å². The van der Waals surface area contributed by atoms with Crippen molar-refractivity contribution in [3.05, 3.63) is 24.6 Å². The molecule has 0 radical (unpaired) electrons. The van der Waals surface area contributed by atoms with Gasteiger partial charge in [0.25, 0.3) is 0 Å². The van der Waals surface area contributed by atoms with Gasteiger partial charge in [-0.3, -0.25) is 0 Å². The maximum Gasteiger partial charge on any atom is 0.139 e. The van der Waals surface area contributed by atoms with Crippen LogP contribution >= 0.6 is 0 Å². The van der Waals surface area contributed by atoms with Crippen LogP contribution < -0.4 is 5.32 Å². The summed E-state index contributed by atoms with van der Waals surface area (Å²) >= 11 is 0. The van der Waals surface area contributed by atoms with Crippen LogP contribution in [0.4, 0.5) is 5.82 Å². The maximum absolute atomic E-state index is 9.20. The summed E-state index contributed by atoms with van der Waals surface area (Å²) in [6.07, 6.45) is 3.19. The third kappa shape index (κ3) is 1.87. The molecular weight excluding hydrogens is 208 g/mol. The topological polar surface area (TPSA) is 78.5 Å². The molecule has 0 aromatic carbocycles. The van der Waals surface area contributed by atoms with Gasteiger partial charge in [0, 0.05) is 6.20 Å². The van der Waals surface area contributed by atoms with Crippen molar-refractivity contribution in [2.75, 3.05) is 18.5 Å². The van der Waals surface area contributed by atoms with E-state index in [2.05, 4.69) is 10.3 Å². The zero-order valence-electron chi connectivity index (χ0n) is 8.97. The van der Waals surface area contributed by atoms with E-state index < -0.39 is 5.54 Å². The molecule has 2 aromatic rings. The molecule has 86 valence electrons. The van der Waals surface area contributed by atoms with E-state index in [0.717, 1.165) is 11.0 Å². The van der Waals surface area contributed by atoms with Crippen molar-refractivity contribution in [3.8, 4) is 0 Å². The third-order valence-corrected chi connectivity index (χ3v) is 2.50. The van der Waals surface area contributed by atoms with E-state index in [1.54, 1.807) is 31.5 Å². The van der Waals surface area contributed by atoms with Gasteiger partial charge in [-0.2, -0.15) is 0 Å². The van der Waals surface area contributed by atoms with Gasteiger partial charge in [-0.15, -0.1) is 0 Å². The fourth-order valence-corrected chi connectivity index (χ4v) is 1.41. The molecule has 2 heterocycles. The largest absolute Gasteiger partial charge is 0.464 e. The standard InChI is InChI=1S/C11H14N2O3/c1-11(6-14,7-15)13-10-8-3-5-16-9(8)2-4-12-10/h2-5,14-15H,6-7H2,1H3,(H,12,13). The maximum atomic E-state index is 9.20. The quantitative estimate of drug-likeness (QED) is 0.718. The molecule has 2 rings (SSSR count). The first-order valence-electron chi connectivity index (χ1n) is 5.01. The van der Waals surface area contributed by atoms with Crippen molar-refractivity contribution in [1.82, 2.24) is 4.98 Å². The Bertz CT molecular complexity index is 477. The number of nitrogens with one attached hydrogen (secondary N) is 1. The predicted molar refractivity (Wildman–Crippen MR) is 60.2 cm³/mol. The molecule has 16 heavy (non-hydrogen) atoms. The predicted octanol–water partition coefficient (Wildman–Crippen LogP) is 0.983. The summed E-state index contributed by atoms with van der Waals surface area (Å²) in [5.41, 5.74) is -0.0748. The average Bonchev–Trinajstić information content (AvgIpc) is 2.78. The van der Waals surface area contributed by atoms with Gasteiger partial charge in [0.15, 0.2) is 0 Å². The Hall–Kier alpha value is -1.59. The molecule has 0 saturated heterocycles. The van der Waals surface area contributed by atoms with Crippen LogP contribution in [0.3, 0.4) is 0 Å². The van der Waals surface area contributed by atoms with Gasteiger partial charge >= 0.3 is 0 Å². The van der Waals surface area contributed by atoms with Crippen LogP contribution in [0.1, 0.15) is 6.92 Å². The highest BCUT2D eigenvalue weighted by Gasteiger charge is 2.23. The lowest BCUT2D eigenvalue weighted by Crippen LogP contribution is -2.42. The van der Waals surface area contributed by atoms with Crippen molar-refractivity contribution in [2.45, 2.75) is 12.5 Å². The number of furan rings is 1. The molecule has 2 aromatic heterocycles. The molecule has 0 fully saturated rings. The van der Waals surface area contributed by atoms with Crippen molar-refractivity contribution >= 4 is 16.8 Å². The molecule has 0 atom stereocenters. The number of anilines is 1. The molecule has 0 aliphatic heterocycles. The average molecular weight is 222 g/mol. The number of fused-ring (bicyclic) bond motifs is 1. The van der Waals surface area contributed by atoms with Crippen LogP contribution in [-0.4, -0.2) is 33.9 Å². The summed E-state index contributed by atoms with van der Waals surface area (Å²) in [5, 5.41) is 22.2. The van der Waals surface area contributed by atoms with Gasteiger partial charge in [-0.1, -0.05) is 0 Å². The van der Waals surface area contributed by atoms with E-state index in [9.17, 15) is 10.2 Å². The molecule has 5 heteroatoms. The van der Waals surface area contributed by atoms with Crippen LogP contribution in [-0.2, 0) is 0 Å². The summed E-state index contributed by atoms with van der Waals surface area (Å²) in [7, 11) is 0. The second-order valence-corrected chi connectivity index (χ2v) is 3.99. The second-order valence-electron chi connectivity index (χ2n) is 3.99. The second kappa shape index (κ2) is 4.11. The van der Waals surface area contributed by atoms with Gasteiger partial charge in [-0.25, -0.2) is 4.98 Å². The highest BCUT2D eigenvalue weighted by molar-refractivity contribution is 5.88. The van der Waals surface area contributed by atoms with Gasteiger partial charge in [0.1, 0.15) is 11.4 Å². The number of nitrogens with zero attached hydrogens (tertiary/aromatic N) is 1. The SMILES string of the molecule is CC(CO)(CO)Nc1nccc2occc12. The molecule has 0 unspecified atom stereocenters. The summed E-state index contributed by atoms with van der Waals surface area (Å²) in [4.78, 5) is 4.17. The highest BCUT2D eigenvalue weighted by atomic mass is 16.3. The van der Waals surface area contributed by atoms with E-state index in [-0.39, 0.29) is 13.2 Å². The van der Waals surface area contributed by atoms with Crippen molar-refractivity contribution in [1.29, 1.82) is 0 Å². The van der Waals surface area contributed by atoms with Gasteiger partial charge in [0.2, 0.25) is 0 Å². The number of aliphatic hydroxyl groups is 2. The first-order chi connectivity index (χ1) is 7.68. The molecule has 5 nitrogen and oxygen atoms in total. The van der Waals surface area contributed by atoms with Gasteiger partial charge in [-0.05, 0) is 19.1 Å². The minimum atomic E-state index is -0.793. The van der Waals surface area contributed by atoms with Crippen molar-refractivity contribution in [3.63, 3.8) is 0 Å². The Morgan fingerprint density at radius 1 is 1.38 bits per heavy atom. The monoisotopic (exact) mass is 222 g/mol. The van der Waals surface area contributed by atoms with Gasteiger partial charge in [0.05, 0.1) is 30.4 Å². The Morgan fingerprint density at radius 3 is 2.81 bits per heavy atom. The van der Waals surface area contributed by atoms with Crippen LogP contribution in [0.2, 0.25) is 0 Å². The molecule has 0 spiro atoms. The molecular formula is C11H14N2O3. The number of hydrogen-bond acceptors (Lipinski definition) is 5. The summed E-state index contributed by atoms with van der Waals surface area (Å²) in [6, 6.07) is 3.55. The minimum Gasteiger partial charge on any atom is -0.464 e. The lowest BCUT2D eigenvalue weighted by atomic mass is 10.1. The first-order valence-corrected chi connectivity index (χ1v) is 5.01. The van der Waals surface area contributed by atoms with E-state index in [1.807, 2.05) is 0 Å². The zero-order valence-corrected chi connectivity index (χ0v) is 8.97. The fraction of sp³-hybridized carbons (Fsp3) is 0.364. The number of pyridine rings is 1. The van der Waals surface area contributed by atoms with Crippen LogP contribution in [0.15, 0.2) is 29.0 Å². The van der Waals surface area contributed by atoms with E-state index >= 15 is 0 Å². The van der Waals surface area contributed by atoms with Crippen LogP contribution in [0.25, 0.3) is 11.0 Å². The van der Waals surface area contributed by atoms with Crippen molar-refractivity contribution in [2.24, 2.45) is 0 Å². The van der Waals surface area contributed by atoms with E-state index in [0.29, 0.717) is 5.82 Å². The Labute approximate surface area is 92.7 Å². The highest BCUT2D eigenvalue weighted by Crippen LogP contribution is 2.24. The molecule has 0 amide bonds. The first kappa shape index (κ1) is 10.9. The fourth-order valence-electron chi connectivity index (χ4n) is 1.41. The number of aliphatic hydroxyl groups excluding tert-OH is 2. The summed E-state index contributed by atoms with van der Waals surface area (Å²) in [6.45, 7) is 1.35. The van der Waals surface area contributed by atoms with Crippen LogP contribution in [0.5, 0.6) is 0 Å². The lowest BCUT2D eigenvalue weighted by Gasteiger charge is -2.26. The Morgan fingerprint density at radius 2 is 2.12 bits per heavy atom. The summed E-state index contributed by atoms with van der Waals surface area (Å²) in [5.74, 6) is 0.594. The lowest BCUT2D eigenvalue weighted by molar-refractivity contribution is 0.147. The molecule has 0 bridgehead atoms. The number of aromatic nitrogens is 1. The van der Waals surface area contributed by atoms with E-state index in [4.69, 9.17) is 4.42 Å². The van der Waals surface area contributed by atoms with Crippen LogP contribution in [0, 0.1) is 0 Å². The number of rotatable bonds is 4. The normalized spacial score (nSPS) is 11.9. The van der Waals surface area contributed by atoms with E-state index in [1.165, 1.54) is 0 Å². The molecule has 0 aliphatic rings. The summed E-state index contributed by atoms with van der Waals surface area (Å²) < 4.78 is 5.24. The smallest absolute Gasteiger partial charge is 0.139 e. The molecule has 0 aliphatic carbocycles. The zero-order chi connectivity index (χ0) is 11.6. The third-order valence-electron chi connectivity index (χ3n) is 2.50. The molecule has 3 N–H and O–H groups in total. The number of hydrogen-bond donors (Lipinski definition) is 3. The molecule has 0 saturated carbocycles. The minimum absolute atomic E-state index is 0.181. The Kier molecular flexibility index (Phi) is 2.80.